The quantitative estimate of drug-likeness (QED) is 0.920. The second-order valence-corrected chi connectivity index (χ2v) is 5.54. The summed E-state index contributed by atoms with van der Waals surface area (Å²) in [5, 5.41) is 9.49. The summed E-state index contributed by atoms with van der Waals surface area (Å²) in [5.41, 5.74) is 2.08. The molecule has 1 aromatic rings. The van der Waals surface area contributed by atoms with E-state index in [4.69, 9.17) is 4.74 Å². The maximum absolute atomic E-state index is 12.4. The number of amides is 1. The number of rotatable bonds is 3. The third-order valence-corrected chi connectivity index (χ3v) is 3.83. The van der Waals surface area contributed by atoms with Crippen LogP contribution in [0.1, 0.15) is 30.9 Å². The Morgan fingerprint density at radius 2 is 1.85 bits per heavy atom. The van der Waals surface area contributed by atoms with E-state index in [-0.39, 0.29) is 12.0 Å². The van der Waals surface area contributed by atoms with Crippen molar-refractivity contribution in [1.29, 1.82) is 0 Å². The molecule has 110 valence electrons. The lowest BCUT2D eigenvalue weighted by Gasteiger charge is -2.31. The summed E-state index contributed by atoms with van der Waals surface area (Å²) in [6.45, 7) is 6.98. The molecule has 2 rings (SSSR count). The fourth-order valence-corrected chi connectivity index (χ4v) is 2.56. The molecule has 0 saturated carbocycles. The van der Waals surface area contributed by atoms with Gasteiger partial charge in [0.2, 0.25) is 0 Å². The minimum absolute atomic E-state index is 0.000414. The van der Waals surface area contributed by atoms with E-state index in [0.29, 0.717) is 25.9 Å². The van der Waals surface area contributed by atoms with Crippen molar-refractivity contribution in [2.75, 3.05) is 13.1 Å². The average molecular weight is 277 g/mol. The van der Waals surface area contributed by atoms with Crippen LogP contribution in [0.2, 0.25) is 0 Å². The maximum Gasteiger partial charge on any atom is 0.263 e. The molecule has 0 bridgehead atoms. The zero-order valence-electron chi connectivity index (χ0n) is 12.4. The van der Waals surface area contributed by atoms with Gasteiger partial charge in [-0.2, -0.15) is 0 Å². The van der Waals surface area contributed by atoms with Crippen LogP contribution < -0.4 is 4.74 Å². The third-order valence-electron chi connectivity index (χ3n) is 3.83. The van der Waals surface area contributed by atoms with Crippen molar-refractivity contribution in [2.24, 2.45) is 0 Å². The Balaban J connectivity index is 2.01. The van der Waals surface area contributed by atoms with E-state index in [9.17, 15) is 9.90 Å². The predicted octanol–water partition coefficient (Wildman–Crippen LogP) is 2.05. The van der Waals surface area contributed by atoms with Gasteiger partial charge in [-0.15, -0.1) is 0 Å². The molecule has 1 aliphatic rings. The van der Waals surface area contributed by atoms with Gasteiger partial charge in [-0.3, -0.25) is 4.79 Å². The molecule has 0 aliphatic carbocycles. The summed E-state index contributed by atoms with van der Waals surface area (Å²) in [5.74, 6) is 0.796. The largest absolute Gasteiger partial charge is 0.480 e. The van der Waals surface area contributed by atoms with Crippen molar-refractivity contribution in [3.63, 3.8) is 0 Å². The van der Waals surface area contributed by atoms with Crippen molar-refractivity contribution in [2.45, 2.75) is 45.8 Å². The Labute approximate surface area is 120 Å². The van der Waals surface area contributed by atoms with Gasteiger partial charge in [0, 0.05) is 13.1 Å². The highest BCUT2D eigenvalue weighted by Crippen LogP contribution is 2.24. The lowest BCUT2D eigenvalue weighted by Crippen LogP contribution is -2.45. The lowest BCUT2D eigenvalue weighted by atomic mass is 10.1. The molecule has 1 heterocycles. The molecule has 1 saturated heterocycles. The van der Waals surface area contributed by atoms with Gasteiger partial charge >= 0.3 is 0 Å². The maximum atomic E-state index is 12.4. The fourth-order valence-electron chi connectivity index (χ4n) is 2.56. The number of carbonyl (C=O) groups excluding carboxylic acids is 1. The van der Waals surface area contributed by atoms with E-state index in [0.717, 1.165) is 16.9 Å². The Morgan fingerprint density at radius 3 is 2.40 bits per heavy atom. The molecule has 1 amide bonds. The molecule has 1 atom stereocenters. The number of aliphatic hydroxyl groups excluding tert-OH is 1. The van der Waals surface area contributed by atoms with Crippen molar-refractivity contribution < 1.29 is 14.6 Å². The van der Waals surface area contributed by atoms with Crippen molar-refractivity contribution in [3.05, 3.63) is 29.3 Å². The van der Waals surface area contributed by atoms with E-state index in [1.54, 1.807) is 11.8 Å². The second-order valence-electron chi connectivity index (χ2n) is 5.54. The summed E-state index contributed by atoms with van der Waals surface area (Å²) in [4.78, 5) is 14.1. The Kier molecular flexibility index (Phi) is 4.65. The van der Waals surface area contributed by atoms with E-state index in [2.05, 4.69) is 0 Å². The van der Waals surface area contributed by atoms with Gasteiger partial charge in [0.15, 0.2) is 6.10 Å². The Bertz CT molecular complexity index is 458. The van der Waals surface area contributed by atoms with Gasteiger partial charge < -0.3 is 14.7 Å². The van der Waals surface area contributed by atoms with Crippen LogP contribution in [0.5, 0.6) is 5.75 Å². The molecule has 20 heavy (non-hydrogen) atoms. The standard InChI is InChI=1S/C16H23NO3/c1-11-5-4-6-12(2)15(11)20-13(3)16(19)17-9-7-14(18)8-10-17/h4-6,13-14,18H,7-10H2,1-3H3. The Hall–Kier alpha value is -1.55. The van der Waals surface area contributed by atoms with Crippen LogP contribution in [0.25, 0.3) is 0 Å². The van der Waals surface area contributed by atoms with Crippen LogP contribution in [0.4, 0.5) is 0 Å². The molecular weight excluding hydrogens is 254 g/mol. The zero-order valence-corrected chi connectivity index (χ0v) is 12.4. The highest BCUT2D eigenvalue weighted by molar-refractivity contribution is 5.81. The first kappa shape index (κ1) is 14.9. The average Bonchev–Trinajstić information content (AvgIpc) is 2.43. The third kappa shape index (κ3) is 3.31. The number of aryl methyl sites for hydroxylation is 2. The molecule has 0 spiro atoms. The van der Waals surface area contributed by atoms with Crippen molar-refractivity contribution in [3.8, 4) is 5.75 Å². The van der Waals surface area contributed by atoms with Gasteiger partial charge in [-0.25, -0.2) is 0 Å². The Morgan fingerprint density at radius 1 is 1.30 bits per heavy atom. The molecule has 1 aliphatic heterocycles. The second kappa shape index (κ2) is 6.27. The SMILES string of the molecule is Cc1cccc(C)c1OC(C)C(=O)N1CCC(O)CC1. The highest BCUT2D eigenvalue weighted by Gasteiger charge is 2.26. The molecule has 4 nitrogen and oxygen atoms in total. The summed E-state index contributed by atoms with van der Waals surface area (Å²) >= 11 is 0. The zero-order chi connectivity index (χ0) is 14.7. The number of ether oxygens (including phenoxy) is 1. The molecular formula is C16H23NO3. The molecule has 1 fully saturated rings. The number of aliphatic hydroxyl groups is 1. The summed E-state index contributed by atoms with van der Waals surface area (Å²) in [6, 6.07) is 5.95. The number of hydrogen-bond acceptors (Lipinski definition) is 3. The lowest BCUT2D eigenvalue weighted by molar-refractivity contribution is -0.140. The topological polar surface area (TPSA) is 49.8 Å². The minimum Gasteiger partial charge on any atom is -0.480 e. The first-order valence-corrected chi connectivity index (χ1v) is 7.18. The molecule has 4 heteroatoms. The highest BCUT2D eigenvalue weighted by atomic mass is 16.5. The number of likely N-dealkylation sites (tertiary alicyclic amines) is 1. The normalized spacial score (nSPS) is 17.9. The number of piperidine rings is 1. The van der Waals surface area contributed by atoms with Crippen LogP contribution in [0, 0.1) is 13.8 Å². The predicted molar refractivity (Wildman–Crippen MR) is 77.8 cm³/mol. The van der Waals surface area contributed by atoms with Gasteiger partial charge in [-0.1, -0.05) is 18.2 Å². The summed E-state index contributed by atoms with van der Waals surface area (Å²) in [6.07, 6.45) is 0.544. The summed E-state index contributed by atoms with van der Waals surface area (Å²) < 4.78 is 5.86. The number of nitrogens with zero attached hydrogens (tertiary/aromatic N) is 1. The monoisotopic (exact) mass is 277 g/mol. The van der Waals surface area contributed by atoms with E-state index in [1.807, 2.05) is 32.0 Å². The smallest absolute Gasteiger partial charge is 0.263 e. The number of carbonyl (C=O) groups is 1. The van der Waals surface area contributed by atoms with Gasteiger partial charge in [0.25, 0.3) is 5.91 Å². The molecule has 1 N–H and O–H groups in total. The van der Waals surface area contributed by atoms with Gasteiger partial charge in [0.05, 0.1) is 6.10 Å². The van der Waals surface area contributed by atoms with E-state index < -0.39 is 6.10 Å². The number of para-hydroxylation sites is 1. The van der Waals surface area contributed by atoms with Crippen LogP contribution in [0.3, 0.4) is 0 Å². The number of benzene rings is 1. The van der Waals surface area contributed by atoms with Crippen LogP contribution in [-0.2, 0) is 4.79 Å². The first-order valence-electron chi connectivity index (χ1n) is 7.18. The summed E-state index contributed by atoms with van der Waals surface area (Å²) in [7, 11) is 0. The fraction of sp³-hybridized carbons (Fsp3) is 0.562. The van der Waals surface area contributed by atoms with Crippen LogP contribution in [-0.4, -0.2) is 41.2 Å². The van der Waals surface area contributed by atoms with Crippen LogP contribution in [0.15, 0.2) is 18.2 Å². The van der Waals surface area contributed by atoms with E-state index in [1.165, 1.54) is 0 Å². The molecule has 0 radical (unpaired) electrons. The van der Waals surface area contributed by atoms with Crippen molar-refractivity contribution in [1.82, 2.24) is 4.90 Å². The molecule has 1 aromatic carbocycles. The first-order chi connectivity index (χ1) is 9.49. The van der Waals surface area contributed by atoms with Gasteiger partial charge in [0.1, 0.15) is 5.75 Å². The molecule has 0 aromatic heterocycles. The van der Waals surface area contributed by atoms with Crippen molar-refractivity contribution >= 4 is 5.91 Å². The van der Waals surface area contributed by atoms with E-state index >= 15 is 0 Å². The van der Waals surface area contributed by atoms with Gasteiger partial charge in [-0.05, 0) is 44.7 Å². The van der Waals surface area contributed by atoms with Crippen LogP contribution >= 0.6 is 0 Å². The molecule has 1 unspecified atom stereocenters. The number of hydrogen-bond donors (Lipinski definition) is 1. The minimum atomic E-state index is -0.495.